The second-order valence-electron chi connectivity index (χ2n) is 2.12. The van der Waals surface area contributed by atoms with Gasteiger partial charge in [0.15, 0.2) is 0 Å². The van der Waals surface area contributed by atoms with Crippen LogP contribution < -0.4 is 4.89 Å². The third-order valence-corrected chi connectivity index (χ3v) is 2.76. The van der Waals surface area contributed by atoms with Crippen LogP contribution in [0.5, 0.6) is 0 Å². The monoisotopic (exact) mass is 257 g/mol. The molecular formula is C7H14O6PS-. The average Bonchev–Trinajstić information content (AvgIpc) is 2.18. The number of ether oxygens (including phenoxy) is 1. The van der Waals surface area contributed by atoms with Gasteiger partial charge in [-0.1, -0.05) is 11.8 Å². The molecule has 0 aromatic heterocycles. The molecule has 0 aliphatic rings. The van der Waals surface area contributed by atoms with Gasteiger partial charge in [0, 0.05) is 14.2 Å². The maximum absolute atomic E-state index is 10.3. The highest BCUT2D eigenvalue weighted by Gasteiger charge is 1.92. The number of hydrogen-bond donors (Lipinski definition) is 1. The first-order chi connectivity index (χ1) is 6.79. The number of hydrogen-bond acceptors (Lipinski definition) is 7. The third-order valence-electron chi connectivity index (χ3n) is 0.975. The Labute approximate surface area is 93.7 Å². The van der Waals surface area contributed by atoms with Gasteiger partial charge in [-0.05, 0) is 6.92 Å². The molecule has 0 fully saturated rings. The lowest BCUT2D eigenvalue weighted by Crippen LogP contribution is -2.02. The Kier molecular flexibility index (Phi) is 9.96. The number of carbonyl (C=O) groups excluding carboxylic acids is 1. The van der Waals surface area contributed by atoms with E-state index in [1.54, 1.807) is 0 Å². The van der Waals surface area contributed by atoms with Crippen LogP contribution in [-0.4, -0.2) is 32.4 Å². The van der Waals surface area contributed by atoms with Crippen molar-refractivity contribution in [2.75, 3.05) is 21.3 Å². The number of methoxy groups -OCH3 is 1. The average molecular weight is 257 g/mol. The molecule has 0 saturated heterocycles. The summed E-state index contributed by atoms with van der Waals surface area (Å²) in [6.45, 7) is -1.67. The van der Waals surface area contributed by atoms with Crippen LogP contribution in [-0.2, 0) is 30.4 Å². The van der Waals surface area contributed by atoms with E-state index < -0.39 is 12.7 Å². The van der Waals surface area contributed by atoms with E-state index in [-0.39, 0.29) is 5.76 Å². The number of carbonyl (C=O) groups is 1. The minimum atomic E-state index is -3.07. The molecule has 0 unspecified atom stereocenters. The number of rotatable bonds is 3. The summed E-state index contributed by atoms with van der Waals surface area (Å²) in [5.74, 6) is -0.582. The highest BCUT2D eigenvalue weighted by Crippen LogP contribution is 2.35. The van der Waals surface area contributed by atoms with Crippen molar-refractivity contribution in [3.05, 3.63) is 11.8 Å². The Morgan fingerprint density at radius 1 is 1.40 bits per heavy atom. The van der Waals surface area contributed by atoms with E-state index in [2.05, 4.69) is 25.6 Å². The van der Waals surface area contributed by atoms with Gasteiger partial charge in [-0.15, -0.1) is 0 Å². The molecule has 0 aliphatic carbocycles. The molecular weight excluding hydrogens is 243 g/mol. The van der Waals surface area contributed by atoms with Crippen LogP contribution in [0.1, 0.15) is 6.92 Å². The van der Waals surface area contributed by atoms with E-state index in [0.29, 0.717) is 0 Å². The van der Waals surface area contributed by atoms with Gasteiger partial charge in [0.2, 0.25) is 0 Å². The van der Waals surface area contributed by atoms with Crippen LogP contribution in [0, 0.1) is 0 Å². The van der Waals surface area contributed by atoms with Gasteiger partial charge in [-0.25, -0.2) is 4.79 Å². The summed E-state index contributed by atoms with van der Waals surface area (Å²) >= 11 is 4.26. The topological polar surface area (TPSA) is 88.1 Å². The minimum Gasteiger partial charge on any atom is -0.780 e. The van der Waals surface area contributed by atoms with Gasteiger partial charge < -0.3 is 23.8 Å². The van der Waals surface area contributed by atoms with Gasteiger partial charge in [-0.3, -0.25) is 0 Å². The predicted molar refractivity (Wildman–Crippen MR) is 56.7 cm³/mol. The lowest BCUT2D eigenvalue weighted by molar-refractivity contribution is -0.202. The number of aliphatic hydroxyl groups excluding tert-OH is 1. The van der Waals surface area contributed by atoms with Crippen molar-refractivity contribution < 1.29 is 28.6 Å². The zero-order chi connectivity index (χ0) is 12.5. The van der Waals surface area contributed by atoms with E-state index in [4.69, 9.17) is 5.11 Å². The molecule has 90 valence electrons. The van der Waals surface area contributed by atoms with Crippen molar-refractivity contribution in [1.29, 1.82) is 0 Å². The van der Waals surface area contributed by atoms with E-state index in [9.17, 15) is 9.69 Å². The van der Waals surface area contributed by atoms with Gasteiger partial charge in [0.1, 0.15) is 6.72 Å². The maximum atomic E-state index is 10.3. The van der Waals surface area contributed by atoms with Crippen molar-refractivity contribution in [3.8, 4) is 0 Å². The molecule has 0 amide bonds. The number of esters is 1. The Hall–Kier alpha value is -0.460. The first-order valence-electron chi connectivity index (χ1n) is 3.66. The number of aliphatic hydroxyl groups is 1. The molecule has 0 bridgehead atoms. The fraction of sp³-hybridized carbons (Fsp3) is 0.571. The minimum absolute atomic E-state index is 0.0446. The van der Waals surface area contributed by atoms with E-state index in [1.807, 2.05) is 0 Å². The quantitative estimate of drug-likeness (QED) is 0.340. The van der Waals surface area contributed by atoms with Crippen LogP contribution in [0.4, 0.5) is 0 Å². The lowest BCUT2D eigenvalue weighted by Gasteiger charge is -2.21. The summed E-state index contributed by atoms with van der Waals surface area (Å²) in [6, 6.07) is 0. The second-order valence-corrected chi connectivity index (χ2v) is 5.09. The summed E-state index contributed by atoms with van der Waals surface area (Å²) in [6.07, 6.45) is 1.00. The summed E-state index contributed by atoms with van der Waals surface area (Å²) in [5, 5.41) is 8.41. The predicted octanol–water partition coefficient (Wildman–Crippen LogP) is 0.485. The van der Waals surface area contributed by atoms with Crippen LogP contribution >= 0.6 is 6.72 Å². The molecule has 0 radical (unpaired) electrons. The fourth-order valence-corrected chi connectivity index (χ4v) is 0.453. The van der Waals surface area contributed by atoms with Crippen LogP contribution in [0.2, 0.25) is 0 Å². The third kappa shape index (κ3) is 13.5. The molecule has 0 atom stereocenters. The van der Waals surface area contributed by atoms with E-state index in [0.717, 1.165) is 6.08 Å². The fourth-order valence-electron chi connectivity index (χ4n) is 0.304. The van der Waals surface area contributed by atoms with E-state index in [1.165, 1.54) is 28.3 Å². The Bertz CT molecular complexity index is 252. The summed E-state index contributed by atoms with van der Waals surface area (Å²) in [4.78, 5) is 20.5. The molecule has 15 heavy (non-hydrogen) atoms. The number of allylic oxidation sites excluding steroid dienone is 1. The molecule has 1 N–H and O–H groups in total. The Morgan fingerprint density at radius 2 is 1.80 bits per heavy atom. The van der Waals surface area contributed by atoms with Gasteiger partial charge in [0.05, 0.1) is 18.9 Å². The molecule has 0 spiro atoms. The SMILES string of the molecule is COC(=O)/C=C(\C)O.COP([O-])(=S)OC. The van der Waals surface area contributed by atoms with Crippen molar-refractivity contribution >= 4 is 24.5 Å². The molecule has 8 heteroatoms. The zero-order valence-corrected chi connectivity index (χ0v) is 10.6. The largest absolute Gasteiger partial charge is 0.780 e. The maximum Gasteiger partial charge on any atom is 0.333 e. The second kappa shape index (κ2) is 8.82. The smallest absolute Gasteiger partial charge is 0.333 e. The van der Waals surface area contributed by atoms with Crippen LogP contribution in [0.25, 0.3) is 0 Å². The van der Waals surface area contributed by atoms with Crippen molar-refractivity contribution in [2.24, 2.45) is 0 Å². The molecule has 0 aliphatic heterocycles. The molecule has 0 aromatic carbocycles. The molecule has 0 heterocycles. The zero-order valence-electron chi connectivity index (χ0n) is 8.92. The van der Waals surface area contributed by atoms with Crippen LogP contribution in [0.3, 0.4) is 0 Å². The van der Waals surface area contributed by atoms with Gasteiger partial charge >= 0.3 is 5.97 Å². The first-order valence-corrected chi connectivity index (χ1v) is 6.22. The lowest BCUT2D eigenvalue weighted by atomic mass is 10.5. The van der Waals surface area contributed by atoms with Crippen LogP contribution in [0.15, 0.2) is 11.8 Å². The summed E-state index contributed by atoms with van der Waals surface area (Å²) < 4.78 is 12.7. The molecule has 0 saturated carbocycles. The van der Waals surface area contributed by atoms with Crippen molar-refractivity contribution in [3.63, 3.8) is 0 Å². The summed E-state index contributed by atoms with van der Waals surface area (Å²) in [5.41, 5.74) is 0. The van der Waals surface area contributed by atoms with Crippen molar-refractivity contribution in [2.45, 2.75) is 6.92 Å². The van der Waals surface area contributed by atoms with E-state index >= 15 is 0 Å². The Morgan fingerprint density at radius 3 is 1.87 bits per heavy atom. The standard InChI is InChI=1S/C5H8O3.C2H7O3PS/c1-4(6)3-5(7)8-2;1-4-6(3,7)5-2/h3,6H,1-2H3;1-2H3,(H,3,7)/p-1/b4-3+;. The normalized spacial score (nSPS) is 11.4. The van der Waals surface area contributed by atoms with Crippen molar-refractivity contribution in [1.82, 2.24) is 0 Å². The van der Waals surface area contributed by atoms with Gasteiger partial charge in [-0.2, -0.15) is 0 Å². The highest BCUT2D eigenvalue weighted by molar-refractivity contribution is 8.06. The Balaban J connectivity index is 0. The molecule has 6 nitrogen and oxygen atoms in total. The summed E-state index contributed by atoms with van der Waals surface area (Å²) in [7, 11) is 3.75. The van der Waals surface area contributed by atoms with Gasteiger partial charge in [0.25, 0.3) is 0 Å². The molecule has 0 rings (SSSR count). The highest BCUT2D eigenvalue weighted by atomic mass is 32.5. The molecule has 0 aromatic rings. The first kappa shape index (κ1) is 17.0.